The van der Waals surface area contributed by atoms with Gasteiger partial charge in [-0.1, -0.05) is 0 Å². The van der Waals surface area contributed by atoms with E-state index in [0.717, 1.165) is 0 Å². The molecule has 2 N–H and O–H groups in total. The van der Waals surface area contributed by atoms with Crippen molar-refractivity contribution in [2.24, 2.45) is 5.92 Å². The Morgan fingerprint density at radius 3 is 2.27 bits per heavy atom. The molecule has 0 heterocycles. The second-order valence-corrected chi connectivity index (χ2v) is 4.77. The molecule has 0 aliphatic heterocycles. The van der Waals surface area contributed by atoms with E-state index in [1.807, 2.05) is 0 Å². The van der Waals surface area contributed by atoms with E-state index >= 15 is 0 Å². The van der Waals surface area contributed by atoms with Gasteiger partial charge >= 0.3 is 12.1 Å². The summed E-state index contributed by atoms with van der Waals surface area (Å²) in [6, 6.07) is -0.280. The minimum atomic E-state index is -0.859. The molecule has 0 bridgehead atoms. The minimum Gasteiger partial charge on any atom is -0.481 e. The van der Waals surface area contributed by atoms with E-state index in [4.69, 9.17) is 9.84 Å². The second-order valence-electron chi connectivity index (χ2n) is 4.77. The van der Waals surface area contributed by atoms with Gasteiger partial charge < -0.3 is 15.2 Å². The molecule has 0 unspecified atom stereocenters. The molecule has 1 aliphatic rings. The molecule has 0 aromatic heterocycles. The molecule has 5 heteroatoms. The summed E-state index contributed by atoms with van der Waals surface area (Å²) in [6.45, 7) is 5.30. The minimum absolute atomic E-state index is 0.280. The van der Waals surface area contributed by atoms with Crippen LogP contribution in [-0.2, 0) is 9.53 Å². The number of aliphatic carboxylic acids is 1. The zero-order valence-corrected chi connectivity index (χ0v) is 9.24. The SMILES string of the molecule is CC(C)(C)OC(=O)N[C@H]1CC[C@H]1C(=O)O. The van der Waals surface area contributed by atoms with Gasteiger partial charge in [0.1, 0.15) is 5.60 Å². The third-order valence-electron chi connectivity index (χ3n) is 2.29. The standard InChI is InChI=1S/C10H17NO4/c1-10(2,3)15-9(14)11-7-5-4-6(7)8(12)13/h6-7H,4-5H2,1-3H3,(H,11,14)(H,12,13)/t6-,7+/m1/s1. The number of carbonyl (C=O) groups excluding carboxylic acids is 1. The third kappa shape index (κ3) is 3.42. The molecule has 1 amide bonds. The molecule has 0 radical (unpaired) electrons. The van der Waals surface area contributed by atoms with E-state index < -0.39 is 23.6 Å². The summed E-state index contributed by atoms with van der Waals surface area (Å²) >= 11 is 0. The highest BCUT2D eigenvalue weighted by molar-refractivity contribution is 5.74. The summed E-state index contributed by atoms with van der Waals surface area (Å²) in [4.78, 5) is 22.0. The van der Waals surface area contributed by atoms with Crippen molar-refractivity contribution in [2.45, 2.75) is 45.3 Å². The maximum Gasteiger partial charge on any atom is 0.407 e. The average Bonchev–Trinajstić information content (AvgIpc) is 1.93. The zero-order chi connectivity index (χ0) is 11.6. The predicted molar refractivity (Wildman–Crippen MR) is 53.5 cm³/mol. The first-order chi connectivity index (χ1) is 6.79. The highest BCUT2D eigenvalue weighted by atomic mass is 16.6. The number of carbonyl (C=O) groups is 2. The van der Waals surface area contributed by atoms with Crippen LogP contribution >= 0.6 is 0 Å². The molecular formula is C10H17NO4. The maximum atomic E-state index is 11.3. The number of alkyl carbamates (subject to hydrolysis) is 1. The quantitative estimate of drug-likeness (QED) is 0.729. The van der Waals surface area contributed by atoms with E-state index in [-0.39, 0.29) is 6.04 Å². The Hall–Kier alpha value is -1.26. The van der Waals surface area contributed by atoms with Crippen LogP contribution in [0.1, 0.15) is 33.6 Å². The van der Waals surface area contributed by atoms with Crippen LogP contribution in [0.5, 0.6) is 0 Å². The Morgan fingerprint density at radius 2 is 1.93 bits per heavy atom. The van der Waals surface area contributed by atoms with Gasteiger partial charge in [0.25, 0.3) is 0 Å². The lowest BCUT2D eigenvalue weighted by Crippen LogP contribution is -2.51. The maximum absolute atomic E-state index is 11.3. The summed E-state index contributed by atoms with van der Waals surface area (Å²) in [5.41, 5.74) is -0.549. The van der Waals surface area contributed by atoms with Crippen LogP contribution in [0.3, 0.4) is 0 Å². The van der Waals surface area contributed by atoms with Gasteiger partial charge in [0.15, 0.2) is 0 Å². The first-order valence-corrected chi connectivity index (χ1v) is 5.02. The monoisotopic (exact) mass is 215 g/mol. The van der Waals surface area contributed by atoms with Crippen molar-refractivity contribution >= 4 is 12.1 Å². The van der Waals surface area contributed by atoms with Crippen molar-refractivity contribution in [3.8, 4) is 0 Å². The van der Waals surface area contributed by atoms with Crippen LogP contribution in [0, 0.1) is 5.92 Å². The molecular weight excluding hydrogens is 198 g/mol. The Bertz CT molecular complexity index is 269. The number of amides is 1. The molecule has 15 heavy (non-hydrogen) atoms. The number of ether oxygens (including phenoxy) is 1. The van der Waals surface area contributed by atoms with Gasteiger partial charge in [-0.05, 0) is 33.6 Å². The molecule has 1 fully saturated rings. The normalized spacial score (nSPS) is 25.3. The molecule has 5 nitrogen and oxygen atoms in total. The van der Waals surface area contributed by atoms with Gasteiger partial charge in [0, 0.05) is 6.04 Å². The first-order valence-electron chi connectivity index (χ1n) is 5.02. The Morgan fingerprint density at radius 1 is 1.33 bits per heavy atom. The van der Waals surface area contributed by atoms with Crippen molar-refractivity contribution < 1.29 is 19.4 Å². The number of rotatable bonds is 2. The second kappa shape index (κ2) is 4.08. The smallest absolute Gasteiger partial charge is 0.407 e. The summed E-state index contributed by atoms with van der Waals surface area (Å²) in [7, 11) is 0. The van der Waals surface area contributed by atoms with Gasteiger partial charge in [-0.2, -0.15) is 0 Å². The molecule has 0 spiro atoms. The van der Waals surface area contributed by atoms with Crippen LogP contribution in [0.15, 0.2) is 0 Å². The number of carboxylic acid groups (broad SMARTS) is 1. The van der Waals surface area contributed by atoms with E-state index in [1.54, 1.807) is 20.8 Å². The molecule has 1 rings (SSSR count). The third-order valence-corrected chi connectivity index (χ3v) is 2.29. The molecule has 0 saturated heterocycles. The summed E-state index contributed by atoms with van der Waals surface area (Å²) < 4.78 is 5.03. The predicted octanol–water partition coefficient (Wildman–Crippen LogP) is 1.37. The molecule has 1 aliphatic carbocycles. The van der Waals surface area contributed by atoms with Crippen LogP contribution in [0.2, 0.25) is 0 Å². The fourth-order valence-corrected chi connectivity index (χ4v) is 1.43. The van der Waals surface area contributed by atoms with Crippen LogP contribution in [-0.4, -0.2) is 28.8 Å². The Balaban J connectivity index is 2.36. The van der Waals surface area contributed by atoms with Gasteiger partial charge in [-0.3, -0.25) is 4.79 Å². The highest BCUT2D eigenvalue weighted by Crippen LogP contribution is 2.27. The van der Waals surface area contributed by atoms with Gasteiger partial charge in [0.2, 0.25) is 0 Å². The summed E-state index contributed by atoms with van der Waals surface area (Å²) in [5.74, 6) is -1.32. The topological polar surface area (TPSA) is 75.6 Å². The number of hydrogen-bond donors (Lipinski definition) is 2. The summed E-state index contributed by atoms with van der Waals surface area (Å²) in [5, 5.41) is 11.3. The van der Waals surface area contributed by atoms with E-state index in [0.29, 0.717) is 12.8 Å². The van der Waals surface area contributed by atoms with Crippen LogP contribution in [0.25, 0.3) is 0 Å². The van der Waals surface area contributed by atoms with Crippen molar-refractivity contribution in [1.82, 2.24) is 5.32 Å². The summed E-state index contributed by atoms with van der Waals surface area (Å²) in [6.07, 6.45) is 0.782. The van der Waals surface area contributed by atoms with Crippen molar-refractivity contribution in [3.05, 3.63) is 0 Å². The van der Waals surface area contributed by atoms with Crippen LogP contribution < -0.4 is 5.32 Å². The number of carboxylic acids is 1. The zero-order valence-electron chi connectivity index (χ0n) is 9.24. The van der Waals surface area contributed by atoms with E-state index in [1.165, 1.54) is 0 Å². The van der Waals surface area contributed by atoms with Crippen molar-refractivity contribution in [2.75, 3.05) is 0 Å². The van der Waals surface area contributed by atoms with Gasteiger partial charge in [0.05, 0.1) is 5.92 Å². The highest BCUT2D eigenvalue weighted by Gasteiger charge is 2.38. The van der Waals surface area contributed by atoms with E-state index in [2.05, 4.69) is 5.32 Å². The van der Waals surface area contributed by atoms with Gasteiger partial charge in [-0.15, -0.1) is 0 Å². The lowest BCUT2D eigenvalue weighted by Gasteiger charge is -2.34. The number of nitrogens with one attached hydrogen (secondary N) is 1. The lowest BCUT2D eigenvalue weighted by molar-refractivity contribution is -0.145. The molecule has 86 valence electrons. The fraction of sp³-hybridized carbons (Fsp3) is 0.800. The molecule has 0 aromatic carbocycles. The van der Waals surface area contributed by atoms with Gasteiger partial charge in [-0.25, -0.2) is 4.79 Å². The Kier molecular flexibility index (Phi) is 3.21. The molecule has 1 saturated carbocycles. The van der Waals surface area contributed by atoms with Crippen LogP contribution in [0.4, 0.5) is 4.79 Å². The lowest BCUT2D eigenvalue weighted by atomic mass is 9.80. The van der Waals surface area contributed by atoms with E-state index in [9.17, 15) is 9.59 Å². The molecule has 0 aromatic rings. The Labute approximate surface area is 88.8 Å². The average molecular weight is 215 g/mol. The fourth-order valence-electron chi connectivity index (χ4n) is 1.43. The molecule has 2 atom stereocenters. The largest absolute Gasteiger partial charge is 0.481 e. The van der Waals surface area contributed by atoms with Crippen molar-refractivity contribution in [1.29, 1.82) is 0 Å². The van der Waals surface area contributed by atoms with Crippen molar-refractivity contribution in [3.63, 3.8) is 0 Å². The first kappa shape index (κ1) is 11.8. The number of hydrogen-bond acceptors (Lipinski definition) is 3.